The number of benzene rings is 2. The number of nitrogens with one attached hydrogen (secondary N) is 1. The van der Waals surface area contributed by atoms with Crippen molar-refractivity contribution in [3.8, 4) is 0 Å². The second-order valence-corrected chi connectivity index (χ2v) is 6.21. The number of rotatable bonds is 4. The second kappa shape index (κ2) is 7.42. The lowest BCUT2D eigenvalue weighted by molar-refractivity contribution is 0.284. The molecule has 3 nitrogen and oxygen atoms in total. The zero-order valence-corrected chi connectivity index (χ0v) is 13.5. The summed E-state index contributed by atoms with van der Waals surface area (Å²) in [7, 11) is 0. The molecular weight excluding hydrogens is 284 g/mol. The summed E-state index contributed by atoms with van der Waals surface area (Å²) in [5.74, 6) is 0.243. The highest BCUT2D eigenvalue weighted by molar-refractivity contribution is 5.88. The molecule has 0 spiro atoms. The second-order valence-electron chi connectivity index (χ2n) is 6.21. The molecule has 0 aromatic heterocycles. The molecule has 120 valence electrons. The zero-order valence-electron chi connectivity index (χ0n) is 13.5. The van der Waals surface area contributed by atoms with Gasteiger partial charge in [0.2, 0.25) is 0 Å². The Labute approximate surface area is 138 Å². The lowest BCUT2D eigenvalue weighted by atomic mass is 9.78. The Hall–Kier alpha value is -2.13. The van der Waals surface area contributed by atoms with Gasteiger partial charge in [-0.15, -0.1) is 0 Å². The summed E-state index contributed by atoms with van der Waals surface area (Å²) in [5.41, 5.74) is 3.41. The van der Waals surface area contributed by atoms with Gasteiger partial charge < -0.3 is 10.5 Å². The van der Waals surface area contributed by atoms with Crippen molar-refractivity contribution >= 4 is 5.71 Å². The van der Waals surface area contributed by atoms with E-state index in [1.54, 1.807) is 0 Å². The van der Waals surface area contributed by atoms with E-state index in [1.165, 1.54) is 11.1 Å². The minimum absolute atomic E-state index is 0.181. The minimum Gasteiger partial charge on any atom is -0.411 e. The van der Waals surface area contributed by atoms with Crippen molar-refractivity contribution in [2.24, 2.45) is 11.1 Å². The van der Waals surface area contributed by atoms with E-state index in [9.17, 15) is 5.21 Å². The van der Waals surface area contributed by atoms with Crippen LogP contribution >= 0.6 is 0 Å². The number of hydrogen-bond donors (Lipinski definition) is 2. The highest BCUT2D eigenvalue weighted by atomic mass is 16.4. The van der Waals surface area contributed by atoms with Crippen molar-refractivity contribution in [1.29, 1.82) is 0 Å². The third-order valence-electron chi connectivity index (χ3n) is 4.71. The fourth-order valence-electron chi connectivity index (χ4n) is 3.59. The Morgan fingerprint density at radius 3 is 2.17 bits per heavy atom. The molecule has 3 rings (SSSR count). The molecule has 1 saturated heterocycles. The van der Waals surface area contributed by atoms with E-state index in [-0.39, 0.29) is 18.0 Å². The molecule has 0 radical (unpaired) electrons. The van der Waals surface area contributed by atoms with Gasteiger partial charge in [-0.3, -0.25) is 0 Å². The molecule has 3 atom stereocenters. The van der Waals surface area contributed by atoms with Gasteiger partial charge in [-0.25, -0.2) is 0 Å². The van der Waals surface area contributed by atoms with Crippen LogP contribution in [0.5, 0.6) is 0 Å². The van der Waals surface area contributed by atoms with Crippen LogP contribution in [-0.4, -0.2) is 10.9 Å². The van der Waals surface area contributed by atoms with Crippen LogP contribution in [0.25, 0.3) is 0 Å². The van der Waals surface area contributed by atoms with Gasteiger partial charge in [0.15, 0.2) is 0 Å². The van der Waals surface area contributed by atoms with Crippen molar-refractivity contribution in [3.63, 3.8) is 0 Å². The summed E-state index contributed by atoms with van der Waals surface area (Å²) in [6.45, 7) is 2.18. The molecule has 0 saturated carbocycles. The van der Waals surface area contributed by atoms with Gasteiger partial charge in [0.05, 0.1) is 5.71 Å². The summed E-state index contributed by atoms with van der Waals surface area (Å²) < 4.78 is 0. The number of oxime groups is 1. The normalized spacial score (nSPS) is 26.3. The van der Waals surface area contributed by atoms with Crippen LogP contribution in [0.2, 0.25) is 0 Å². The minimum atomic E-state index is 0.181. The van der Waals surface area contributed by atoms with Gasteiger partial charge in [-0.1, -0.05) is 79.2 Å². The predicted octanol–water partition coefficient (Wildman–Crippen LogP) is 4.71. The Morgan fingerprint density at radius 1 is 1.00 bits per heavy atom. The van der Waals surface area contributed by atoms with E-state index in [4.69, 9.17) is 0 Å². The van der Waals surface area contributed by atoms with Gasteiger partial charge >= 0.3 is 0 Å². The molecule has 0 amide bonds. The first kappa shape index (κ1) is 15.8. The third kappa shape index (κ3) is 3.45. The molecular formula is C20H24N2O. The number of hydrogen-bond acceptors (Lipinski definition) is 3. The summed E-state index contributed by atoms with van der Waals surface area (Å²) in [4.78, 5) is 0. The Bertz CT molecular complexity index is 639. The van der Waals surface area contributed by atoms with Gasteiger partial charge in [0.25, 0.3) is 0 Å². The van der Waals surface area contributed by atoms with Gasteiger partial charge in [-0.05, 0) is 17.5 Å². The van der Waals surface area contributed by atoms with E-state index >= 15 is 0 Å². The van der Waals surface area contributed by atoms with Crippen LogP contribution in [0, 0.1) is 5.92 Å². The van der Waals surface area contributed by atoms with Gasteiger partial charge in [0.1, 0.15) is 0 Å². The molecule has 2 N–H and O–H groups in total. The Kier molecular flexibility index (Phi) is 5.09. The quantitative estimate of drug-likeness (QED) is 0.634. The van der Waals surface area contributed by atoms with E-state index in [0.717, 1.165) is 25.0 Å². The average Bonchev–Trinajstić information content (AvgIpc) is 2.63. The van der Waals surface area contributed by atoms with Gasteiger partial charge in [0, 0.05) is 24.4 Å². The molecule has 2 aromatic carbocycles. The van der Waals surface area contributed by atoms with Crippen LogP contribution in [0.15, 0.2) is 65.8 Å². The first-order chi connectivity index (χ1) is 11.3. The lowest BCUT2D eigenvalue weighted by Crippen LogP contribution is -2.42. The first-order valence-corrected chi connectivity index (χ1v) is 8.40. The van der Waals surface area contributed by atoms with E-state index < -0.39 is 0 Å². The molecule has 1 aliphatic heterocycles. The summed E-state index contributed by atoms with van der Waals surface area (Å²) >= 11 is 0. The average molecular weight is 308 g/mol. The molecule has 1 aliphatic rings. The molecule has 2 aromatic rings. The largest absolute Gasteiger partial charge is 0.411 e. The molecule has 0 aliphatic carbocycles. The van der Waals surface area contributed by atoms with Crippen molar-refractivity contribution < 1.29 is 5.21 Å². The van der Waals surface area contributed by atoms with E-state index in [1.807, 2.05) is 12.1 Å². The maximum Gasteiger partial charge on any atom is 0.0639 e. The van der Waals surface area contributed by atoms with Crippen LogP contribution in [-0.2, 0) is 0 Å². The van der Waals surface area contributed by atoms with Crippen LogP contribution in [0.3, 0.4) is 0 Å². The van der Waals surface area contributed by atoms with Crippen molar-refractivity contribution in [3.05, 3.63) is 71.8 Å². The fourth-order valence-corrected chi connectivity index (χ4v) is 3.59. The lowest BCUT2D eigenvalue weighted by Gasteiger charge is -2.38. The fraction of sp³-hybridized carbons (Fsp3) is 0.350. The van der Waals surface area contributed by atoms with Crippen molar-refractivity contribution in [2.75, 3.05) is 0 Å². The highest BCUT2D eigenvalue weighted by Crippen LogP contribution is 2.37. The topological polar surface area (TPSA) is 44.6 Å². The summed E-state index contributed by atoms with van der Waals surface area (Å²) in [6.07, 6.45) is 2.85. The van der Waals surface area contributed by atoms with Crippen molar-refractivity contribution in [2.45, 2.75) is 38.3 Å². The molecule has 0 unspecified atom stereocenters. The maximum absolute atomic E-state index is 9.58. The van der Waals surface area contributed by atoms with Crippen LogP contribution in [0.1, 0.15) is 49.4 Å². The standard InChI is InChI=1S/C20H24N2O/c1-2-9-17-19(22-23)14-18(15-10-5-3-6-11-15)21-20(17)16-12-7-4-8-13-16/h3-8,10-13,17-18,20-21,23H,2,9,14H2,1H3/b22-19-/t17-,18-,20-/m1/s1. The molecule has 1 fully saturated rings. The molecule has 1 heterocycles. The number of nitrogens with zero attached hydrogens (tertiary/aromatic N) is 1. The van der Waals surface area contributed by atoms with Crippen LogP contribution in [0.4, 0.5) is 0 Å². The van der Waals surface area contributed by atoms with E-state index in [0.29, 0.717) is 0 Å². The summed E-state index contributed by atoms with van der Waals surface area (Å²) in [6, 6.07) is 21.3. The maximum atomic E-state index is 9.58. The third-order valence-corrected chi connectivity index (χ3v) is 4.71. The van der Waals surface area contributed by atoms with Gasteiger partial charge in [-0.2, -0.15) is 0 Å². The van der Waals surface area contributed by atoms with Crippen molar-refractivity contribution in [1.82, 2.24) is 5.32 Å². The monoisotopic (exact) mass is 308 g/mol. The Balaban J connectivity index is 1.95. The van der Waals surface area contributed by atoms with E-state index in [2.05, 4.69) is 65.9 Å². The highest BCUT2D eigenvalue weighted by Gasteiger charge is 2.35. The predicted molar refractivity (Wildman–Crippen MR) is 93.7 cm³/mol. The summed E-state index contributed by atoms with van der Waals surface area (Å²) in [5, 5.41) is 17.0. The Morgan fingerprint density at radius 2 is 1.61 bits per heavy atom. The van der Waals surface area contributed by atoms with Crippen LogP contribution < -0.4 is 5.32 Å². The zero-order chi connectivity index (χ0) is 16.1. The molecule has 23 heavy (non-hydrogen) atoms. The molecule has 3 heteroatoms. The molecule has 0 bridgehead atoms. The number of piperidine rings is 1. The smallest absolute Gasteiger partial charge is 0.0639 e. The SMILES string of the molecule is CCC[C@@H]1/C(=N\O)C[C@H](c2ccccc2)N[C@@H]1c1ccccc1. The first-order valence-electron chi connectivity index (χ1n) is 8.40.